The van der Waals surface area contributed by atoms with Gasteiger partial charge in [-0.15, -0.1) is 0 Å². The van der Waals surface area contributed by atoms with Crippen molar-refractivity contribution in [1.82, 2.24) is 9.62 Å². The highest BCUT2D eigenvalue weighted by Gasteiger charge is 2.38. The Kier molecular flexibility index (Phi) is 7.73. The summed E-state index contributed by atoms with van der Waals surface area (Å²) in [5.41, 5.74) is 0.0232. The first-order chi connectivity index (χ1) is 13.1. The molecule has 1 aromatic carbocycles. The zero-order chi connectivity index (χ0) is 20.9. The lowest BCUT2D eigenvalue weighted by Crippen LogP contribution is -2.45. The van der Waals surface area contributed by atoms with Gasteiger partial charge in [-0.1, -0.05) is 6.92 Å². The molecule has 0 spiro atoms. The van der Waals surface area contributed by atoms with Gasteiger partial charge in [0.15, 0.2) is 0 Å². The molecule has 28 heavy (non-hydrogen) atoms. The topological polar surface area (TPSA) is 70.7 Å². The molecule has 156 valence electrons. The van der Waals surface area contributed by atoms with E-state index in [0.717, 1.165) is 31.3 Å². The van der Waals surface area contributed by atoms with Crippen LogP contribution in [0, 0.1) is 5.92 Å². The summed E-state index contributed by atoms with van der Waals surface area (Å²) in [6, 6.07) is 5.90. The second-order valence-electron chi connectivity index (χ2n) is 6.72. The summed E-state index contributed by atoms with van der Waals surface area (Å²) in [6.07, 6.45) is -3.12. The molecule has 2 amide bonds. The number of rotatable bonds is 7. The molecule has 1 aliphatic heterocycles. The quantitative estimate of drug-likeness (QED) is 0.665. The van der Waals surface area contributed by atoms with E-state index >= 15 is 0 Å². The Bertz CT molecular complexity index is 685. The molecule has 10 heteroatoms. The van der Waals surface area contributed by atoms with Crippen LogP contribution in [0.15, 0.2) is 29.2 Å². The van der Waals surface area contributed by atoms with Gasteiger partial charge in [0, 0.05) is 23.7 Å². The van der Waals surface area contributed by atoms with Gasteiger partial charge < -0.3 is 15.0 Å². The summed E-state index contributed by atoms with van der Waals surface area (Å²) in [7, 11) is 3.61. The Morgan fingerprint density at radius 2 is 1.93 bits per heavy atom. The first-order valence-corrected chi connectivity index (χ1v) is 9.63. The number of carbonyl (C=O) groups excluding carboxylic acids is 2. The second-order valence-corrected chi connectivity index (χ2v) is 7.60. The van der Waals surface area contributed by atoms with Gasteiger partial charge in [-0.25, -0.2) is 0 Å². The minimum absolute atomic E-state index is 0.0232. The highest BCUT2D eigenvalue weighted by molar-refractivity contribution is 7.98. The van der Waals surface area contributed by atoms with Crippen LogP contribution in [-0.2, 0) is 14.3 Å². The summed E-state index contributed by atoms with van der Waals surface area (Å²) in [5.74, 6) is -2.59. The minimum Gasteiger partial charge on any atom is -0.379 e. The second kappa shape index (κ2) is 9.62. The maximum atomic E-state index is 12.5. The van der Waals surface area contributed by atoms with E-state index < -0.39 is 12.1 Å². The minimum atomic E-state index is -4.94. The number of hydrogen-bond donors (Lipinski definition) is 2. The number of carbonyl (C=O) groups is 2. The monoisotopic (exact) mass is 419 g/mol. The van der Waals surface area contributed by atoms with Crippen LogP contribution in [0.4, 0.5) is 18.9 Å². The van der Waals surface area contributed by atoms with Crippen molar-refractivity contribution in [3.63, 3.8) is 0 Å². The van der Waals surface area contributed by atoms with Gasteiger partial charge in [0.2, 0.25) is 5.91 Å². The molecule has 0 saturated carbocycles. The van der Waals surface area contributed by atoms with E-state index in [1.54, 1.807) is 12.4 Å². The molecule has 0 bridgehead atoms. The number of likely N-dealkylation sites (N-methyl/N-ethyl adjacent to an activating group) is 1. The lowest BCUT2D eigenvalue weighted by Gasteiger charge is -2.31. The molecule has 6 nitrogen and oxygen atoms in total. The predicted molar refractivity (Wildman–Crippen MR) is 101 cm³/mol. The van der Waals surface area contributed by atoms with Gasteiger partial charge in [0.05, 0.1) is 12.0 Å². The van der Waals surface area contributed by atoms with Crippen LogP contribution < -0.4 is 10.0 Å². The number of nitrogens with zero attached hydrogens (tertiary/aromatic N) is 1. The number of benzene rings is 1. The fourth-order valence-electron chi connectivity index (χ4n) is 3.21. The zero-order valence-corrected chi connectivity index (χ0v) is 16.7. The standard InChI is InChI=1S/C18H24F3N3O3S/c1-11(15(27-3)14-5-4-10-24(14)2)16(25)23-28-13-8-6-12(7-9-13)22-17(26)18(19,20)21/h6-9,11,14-15H,4-5,10H2,1-3H3,(H,22,26)(H,23,25). The number of amides is 2. The molecule has 1 saturated heterocycles. The number of methoxy groups -OCH3 is 1. The van der Waals surface area contributed by atoms with Crippen molar-refractivity contribution in [3.05, 3.63) is 24.3 Å². The van der Waals surface area contributed by atoms with Gasteiger partial charge >= 0.3 is 12.1 Å². The maximum Gasteiger partial charge on any atom is 0.471 e. The van der Waals surface area contributed by atoms with Crippen LogP contribution in [-0.4, -0.2) is 55.7 Å². The van der Waals surface area contributed by atoms with E-state index in [9.17, 15) is 22.8 Å². The molecule has 1 fully saturated rings. The SMILES string of the molecule is COC(C(C)C(=O)NSc1ccc(NC(=O)C(F)(F)F)cc1)C1CCCN1C. The largest absolute Gasteiger partial charge is 0.471 e. The number of ether oxygens (including phenoxy) is 1. The molecular weight excluding hydrogens is 395 g/mol. The molecule has 1 aromatic rings. The van der Waals surface area contributed by atoms with Crippen LogP contribution in [0.3, 0.4) is 0 Å². The van der Waals surface area contributed by atoms with E-state index in [2.05, 4.69) is 9.62 Å². The zero-order valence-electron chi connectivity index (χ0n) is 15.9. The van der Waals surface area contributed by atoms with E-state index in [0.29, 0.717) is 4.90 Å². The molecule has 0 aromatic heterocycles. The van der Waals surface area contributed by atoms with Crippen LogP contribution in [0.5, 0.6) is 0 Å². The lowest BCUT2D eigenvalue weighted by atomic mass is 9.95. The van der Waals surface area contributed by atoms with E-state index in [-0.39, 0.29) is 29.7 Å². The third kappa shape index (κ3) is 5.86. The van der Waals surface area contributed by atoms with Gasteiger partial charge in [0.25, 0.3) is 0 Å². The Balaban J connectivity index is 1.88. The van der Waals surface area contributed by atoms with Crippen molar-refractivity contribution >= 4 is 29.4 Å². The number of nitrogens with one attached hydrogen (secondary N) is 2. The summed E-state index contributed by atoms with van der Waals surface area (Å²) in [4.78, 5) is 26.2. The van der Waals surface area contributed by atoms with E-state index in [4.69, 9.17) is 4.74 Å². The summed E-state index contributed by atoms with van der Waals surface area (Å²) >= 11 is 1.06. The smallest absolute Gasteiger partial charge is 0.379 e. The molecular formula is C18H24F3N3O3S. The number of alkyl halides is 3. The number of halogens is 3. The number of anilines is 1. The van der Waals surface area contributed by atoms with Crippen LogP contribution in [0.1, 0.15) is 19.8 Å². The van der Waals surface area contributed by atoms with Crippen molar-refractivity contribution in [2.45, 2.75) is 43.0 Å². The van der Waals surface area contributed by atoms with E-state index in [1.807, 2.05) is 14.0 Å². The normalized spacial score (nSPS) is 19.9. The third-order valence-electron chi connectivity index (χ3n) is 4.77. The first-order valence-electron chi connectivity index (χ1n) is 8.81. The van der Waals surface area contributed by atoms with Crippen LogP contribution >= 0.6 is 11.9 Å². The van der Waals surface area contributed by atoms with Gasteiger partial charge in [-0.05, 0) is 62.6 Å². The summed E-state index contributed by atoms with van der Waals surface area (Å²) in [6.45, 7) is 2.79. The fraction of sp³-hybridized carbons (Fsp3) is 0.556. The Hall–Kier alpha value is -1.78. The van der Waals surface area contributed by atoms with Crippen LogP contribution in [0.25, 0.3) is 0 Å². The van der Waals surface area contributed by atoms with Crippen molar-refractivity contribution in [2.75, 3.05) is 26.0 Å². The molecule has 1 heterocycles. The molecule has 3 unspecified atom stereocenters. The maximum absolute atomic E-state index is 12.5. The Morgan fingerprint density at radius 3 is 2.43 bits per heavy atom. The van der Waals surface area contributed by atoms with Crippen molar-refractivity contribution < 1.29 is 27.5 Å². The summed E-state index contributed by atoms with van der Waals surface area (Å²) < 4.78 is 45.1. The van der Waals surface area contributed by atoms with Crippen molar-refractivity contribution in [3.8, 4) is 0 Å². The molecule has 1 aliphatic rings. The van der Waals surface area contributed by atoms with Gasteiger partial charge in [-0.3, -0.25) is 14.3 Å². The lowest BCUT2D eigenvalue weighted by molar-refractivity contribution is -0.167. The highest BCUT2D eigenvalue weighted by atomic mass is 32.2. The van der Waals surface area contributed by atoms with Crippen molar-refractivity contribution in [1.29, 1.82) is 0 Å². The Morgan fingerprint density at radius 1 is 1.29 bits per heavy atom. The summed E-state index contributed by atoms with van der Waals surface area (Å²) in [5, 5.41) is 1.77. The molecule has 2 rings (SSSR count). The van der Waals surface area contributed by atoms with Crippen molar-refractivity contribution in [2.24, 2.45) is 5.92 Å². The molecule has 2 N–H and O–H groups in total. The molecule has 0 radical (unpaired) electrons. The third-order valence-corrected chi connectivity index (χ3v) is 5.58. The average molecular weight is 419 g/mol. The fourth-order valence-corrected chi connectivity index (χ4v) is 3.88. The molecule has 0 aliphatic carbocycles. The number of likely N-dealkylation sites (tertiary alicyclic amines) is 1. The average Bonchev–Trinajstić information content (AvgIpc) is 3.06. The highest BCUT2D eigenvalue weighted by Crippen LogP contribution is 2.26. The predicted octanol–water partition coefficient (Wildman–Crippen LogP) is 3.06. The van der Waals surface area contributed by atoms with Gasteiger partial charge in [0.1, 0.15) is 0 Å². The Labute approximate surface area is 166 Å². The first kappa shape index (κ1) is 22.5. The molecule has 3 atom stereocenters. The van der Waals surface area contributed by atoms with Crippen LogP contribution in [0.2, 0.25) is 0 Å². The van der Waals surface area contributed by atoms with E-state index in [1.165, 1.54) is 24.3 Å². The van der Waals surface area contributed by atoms with Gasteiger partial charge in [-0.2, -0.15) is 13.2 Å². The number of hydrogen-bond acceptors (Lipinski definition) is 5.